The molecule has 0 radical (unpaired) electrons. The van der Waals surface area contributed by atoms with Gasteiger partial charge in [-0.3, -0.25) is 14.4 Å². The molecule has 0 aliphatic carbocycles. The zero-order chi connectivity index (χ0) is 55.8. The van der Waals surface area contributed by atoms with Crippen LogP contribution in [0, 0.1) is 6.07 Å². The number of rotatable bonds is 12. The van der Waals surface area contributed by atoms with E-state index in [0.717, 1.165) is 12.1 Å². The second-order valence-electron chi connectivity index (χ2n) is 12.0. The van der Waals surface area contributed by atoms with E-state index in [9.17, 15) is 60.9 Å². The van der Waals surface area contributed by atoms with E-state index < -0.39 is 107 Å². The zero-order valence-electron chi connectivity index (χ0n) is 38.8. The number of carbonyl (C=O) groups excluding carboxylic acids is 7. The standard InChI is InChI=1S/C14H14O9S.C8H6O4.C8H3O3.C6H10O3.C4H6O3.2Na.2O3S/c1-8(2)13(17)22-5-6-23-14(18)10-4-3-9(24(19,20)21)7-11(10)12(15)16;9-7(10)5-3-1-2-4-6(5)8(11)12;9-7-5-3-1-2-4-6(5)8(10)11-7;1-5(2)6(8)9-4-3-7;1-3(5)7-4(2)6;;;2*1-4(2)3/h3-4,7H,1,5-6H2,2H3,(H,15,16)(H,19,20,21);1-4H,(H,9,10)(H,11,12);1,3-4H;7H,1,3-4H2,2H3;1-2H3;;;;/q;;-1;;;2*+1;;/p-1. The van der Waals surface area contributed by atoms with Crippen molar-refractivity contribution >= 4 is 91.0 Å². The van der Waals surface area contributed by atoms with Crippen LogP contribution in [0.5, 0.6) is 0 Å². The molecule has 0 atom stereocenters. The molecule has 1 heterocycles. The van der Waals surface area contributed by atoms with Crippen LogP contribution in [0.2, 0.25) is 0 Å². The van der Waals surface area contributed by atoms with Crippen molar-refractivity contribution in [3.63, 3.8) is 0 Å². The third-order valence-corrected chi connectivity index (χ3v) is 7.30. The van der Waals surface area contributed by atoms with Crippen molar-refractivity contribution in [2.75, 3.05) is 26.4 Å². The van der Waals surface area contributed by atoms with Crippen molar-refractivity contribution in [3.8, 4) is 0 Å². The Morgan fingerprint density at radius 1 is 0.630 bits per heavy atom. The number of ether oxygens (including phenoxy) is 5. The summed E-state index contributed by atoms with van der Waals surface area (Å²) in [5.41, 5.74) is -0.384. The summed E-state index contributed by atoms with van der Waals surface area (Å²) in [6.07, 6.45) is 0. The average Bonchev–Trinajstić information content (AvgIpc) is 3.55. The maximum atomic E-state index is 11.8. The van der Waals surface area contributed by atoms with Crippen molar-refractivity contribution in [1.29, 1.82) is 0 Å². The number of benzene rings is 3. The number of hydrogen-bond donors (Lipinski definition) is 4. The molecule has 386 valence electrons. The van der Waals surface area contributed by atoms with Gasteiger partial charge in [0.05, 0.1) is 33.8 Å². The first kappa shape index (κ1) is 75.3. The quantitative estimate of drug-likeness (QED) is 0.0192. The van der Waals surface area contributed by atoms with Crippen LogP contribution in [-0.4, -0.2) is 145 Å². The molecule has 0 bridgehead atoms. The number of hydrogen-bond acceptors (Lipinski definition) is 25. The Hall–Kier alpha value is -6.65. The second-order valence-corrected chi connectivity index (χ2v) is 14.2. The van der Waals surface area contributed by atoms with Crippen LogP contribution in [-0.2, 0) is 74.2 Å². The van der Waals surface area contributed by atoms with Crippen LogP contribution in [0.3, 0.4) is 0 Å². The molecule has 0 unspecified atom stereocenters. The van der Waals surface area contributed by atoms with Gasteiger partial charge in [-0.2, -0.15) is 24.3 Å². The van der Waals surface area contributed by atoms with Crippen LogP contribution >= 0.6 is 0 Å². The molecule has 0 amide bonds. The fourth-order valence-corrected chi connectivity index (χ4v) is 4.29. The van der Waals surface area contributed by atoms with E-state index >= 15 is 0 Å². The maximum absolute atomic E-state index is 11.8. The van der Waals surface area contributed by atoms with Gasteiger partial charge in [0.25, 0.3) is 5.97 Å². The SMILES string of the molecule is C=C(C)C(=O)OCCO.C=C(C)C(=O)OCCOC(=O)c1ccc(S(=O)(=O)[O-])cc1C(=O)O.CC(=O)OC(C)=O.O=C(O)c1ccccc1C(=O)O.O=C1OC(=O)c2cc[c-]cc21.O=S(=O)=O.O=S(=O)=O.[Na+].[Na+]. The summed E-state index contributed by atoms with van der Waals surface area (Å²) in [6.45, 7) is 11.3. The Morgan fingerprint density at radius 2 is 1.03 bits per heavy atom. The summed E-state index contributed by atoms with van der Waals surface area (Å²) in [4.78, 5) is 106. The maximum Gasteiger partial charge on any atom is 1.00 e. The monoisotopic (exact) mass is 1110 g/mol. The van der Waals surface area contributed by atoms with E-state index in [0.29, 0.717) is 22.8 Å². The number of aromatic carboxylic acids is 3. The third-order valence-electron chi connectivity index (χ3n) is 6.47. The molecule has 0 saturated heterocycles. The number of carboxylic acid groups (broad SMARTS) is 3. The van der Waals surface area contributed by atoms with Gasteiger partial charge in [0.15, 0.2) is 0 Å². The van der Waals surface area contributed by atoms with Crippen LogP contribution < -0.4 is 59.1 Å². The minimum atomic E-state index is -4.87. The van der Waals surface area contributed by atoms with Crippen molar-refractivity contribution in [2.24, 2.45) is 0 Å². The van der Waals surface area contributed by atoms with Gasteiger partial charge in [-0.25, -0.2) is 42.0 Å². The molecule has 33 heteroatoms. The van der Waals surface area contributed by atoms with E-state index in [-0.39, 0.29) is 102 Å². The molecular formula is C40H38Na2O28S3. The summed E-state index contributed by atoms with van der Waals surface area (Å²) >= 11 is 0. The van der Waals surface area contributed by atoms with Crippen molar-refractivity contribution in [2.45, 2.75) is 32.6 Å². The van der Waals surface area contributed by atoms with Gasteiger partial charge in [-0.1, -0.05) is 25.3 Å². The third kappa shape index (κ3) is 36.0. The summed E-state index contributed by atoms with van der Waals surface area (Å²) in [5, 5.41) is 34.3. The Balaban J connectivity index is -0.000000268. The first-order chi connectivity index (χ1) is 32.7. The molecule has 0 aromatic heterocycles. The van der Waals surface area contributed by atoms with Crippen molar-refractivity contribution in [1.82, 2.24) is 0 Å². The average molecular weight is 1110 g/mol. The molecule has 0 spiro atoms. The zero-order valence-corrected chi connectivity index (χ0v) is 45.3. The normalized spacial score (nSPS) is 9.73. The van der Waals surface area contributed by atoms with Crippen molar-refractivity contribution < 1.29 is 189 Å². The molecule has 4 rings (SSSR count). The van der Waals surface area contributed by atoms with E-state index in [1.165, 1.54) is 57.2 Å². The smallest absolute Gasteiger partial charge is 0.744 e. The largest absolute Gasteiger partial charge is 1.00 e. The number of aliphatic hydroxyl groups is 1. The predicted octanol–water partition coefficient (Wildman–Crippen LogP) is -5.36. The molecule has 3 aromatic rings. The number of esters is 7. The molecular weight excluding hydrogens is 1070 g/mol. The Morgan fingerprint density at radius 3 is 1.37 bits per heavy atom. The Labute approximate surface area is 460 Å². The second kappa shape index (κ2) is 39.9. The van der Waals surface area contributed by atoms with Gasteiger partial charge in [-0.05, 0) is 55.3 Å². The molecule has 4 N–H and O–H groups in total. The van der Waals surface area contributed by atoms with Gasteiger partial charge in [0.1, 0.15) is 29.9 Å². The fourth-order valence-electron chi connectivity index (χ4n) is 3.79. The van der Waals surface area contributed by atoms with E-state index in [2.05, 4.69) is 38.2 Å². The first-order valence-corrected chi connectivity index (χ1v) is 21.4. The Bertz CT molecular complexity index is 2720. The molecule has 73 heavy (non-hydrogen) atoms. The Kier molecular flexibility index (Phi) is 41.2. The fraction of sp³-hybridized carbons (Fsp3) is 0.200. The van der Waals surface area contributed by atoms with Gasteiger partial charge < -0.3 is 48.7 Å². The van der Waals surface area contributed by atoms with Gasteiger partial charge in [0, 0.05) is 25.0 Å². The minimum absolute atomic E-state index is 0. The number of cyclic esters (lactones) is 2. The van der Waals surface area contributed by atoms with Crippen LogP contribution in [0.1, 0.15) is 89.8 Å². The first-order valence-electron chi connectivity index (χ1n) is 18.0. The molecule has 1 aliphatic rings. The topological polar surface area (TPSA) is 457 Å². The van der Waals surface area contributed by atoms with Crippen molar-refractivity contribution in [3.05, 3.63) is 124 Å². The molecule has 1 aliphatic heterocycles. The van der Waals surface area contributed by atoms with Gasteiger partial charge in [-0.15, -0.1) is 25.3 Å². The summed E-state index contributed by atoms with van der Waals surface area (Å²) in [7, 11) is -11.1. The van der Waals surface area contributed by atoms with Crippen LogP contribution in [0.4, 0.5) is 0 Å². The number of aliphatic hydroxyl groups excluding tert-OH is 1. The predicted molar refractivity (Wildman–Crippen MR) is 228 cm³/mol. The van der Waals surface area contributed by atoms with E-state index in [4.69, 9.17) is 50.4 Å². The summed E-state index contributed by atoms with van der Waals surface area (Å²) in [6, 6.07) is 14.9. The summed E-state index contributed by atoms with van der Waals surface area (Å²) in [5.74, 6) is -8.55. The molecule has 28 nitrogen and oxygen atoms in total. The molecule has 3 aromatic carbocycles. The molecule has 0 saturated carbocycles. The van der Waals surface area contributed by atoms with Crippen LogP contribution in [0.25, 0.3) is 0 Å². The number of carboxylic acids is 3. The number of carbonyl (C=O) groups is 10. The van der Waals surface area contributed by atoms with E-state index in [1.807, 2.05) is 0 Å². The number of fused-ring (bicyclic) bond motifs is 1. The molecule has 0 fully saturated rings. The van der Waals surface area contributed by atoms with Gasteiger partial charge in [0.2, 0.25) is 0 Å². The van der Waals surface area contributed by atoms with Gasteiger partial charge >= 0.3 is 134 Å². The van der Waals surface area contributed by atoms with E-state index in [1.54, 1.807) is 13.0 Å². The minimum Gasteiger partial charge on any atom is -0.744 e. The summed E-state index contributed by atoms with van der Waals surface area (Å²) < 4.78 is 106. The van der Waals surface area contributed by atoms with Crippen LogP contribution in [0.15, 0.2) is 89.9 Å².